The third-order valence-corrected chi connectivity index (χ3v) is 3.50. The topological polar surface area (TPSA) is 67.4 Å². The maximum Gasteiger partial charge on any atom is 0.274 e. The van der Waals surface area contributed by atoms with Crippen LogP contribution in [0.5, 0.6) is 0 Å². The lowest BCUT2D eigenvalue weighted by Gasteiger charge is -2.27. The summed E-state index contributed by atoms with van der Waals surface area (Å²) in [6.45, 7) is 2.34. The second kappa shape index (κ2) is 6.83. The largest absolute Gasteiger partial charge is 0.378 e. The van der Waals surface area contributed by atoms with Gasteiger partial charge < -0.3 is 15.0 Å². The van der Waals surface area contributed by atoms with E-state index in [0.717, 1.165) is 12.1 Å². The lowest BCUT2D eigenvalue weighted by molar-refractivity contribution is 0.102. The minimum Gasteiger partial charge on any atom is -0.378 e. The Morgan fingerprint density at radius 2 is 1.88 bits per heavy atom. The second-order valence-electron chi connectivity index (χ2n) is 5.04. The van der Waals surface area contributed by atoms with Crippen LogP contribution in [-0.2, 0) is 4.74 Å². The number of nitrogens with one attached hydrogen (secondary N) is 1. The van der Waals surface area contributed by atoms with Crippen molar-refractivity contribution in [1.29, 1.82) is 0 Å². The van der Waals surface area contributed by atoms with Crippen LogP contribution < -0.4 is 10.2 Å². The number of ether oxygens (including phenoxy) is 1. The first-order valence-corrected chi connectivity index (χ1v) is 7.16. The van der Waals surface area contributed by atoms with Gasteiger partial charge >= 0.3 is 0 Å². The Bertz CT molecular complexity index is 766. The zero-order valence-electron chi connectivity index (χ0n) is 12.4. The average Bonchev–Trinajstić information content (AvgIpc) is 2.63. The van der Waals surface area contributed by atoms with Gasteiger partial charge in [-0.15, -0.1) is 0 Å². The molecule has 9 heteroatoms. The number of benzene rings is 1. The molecule has 0 spiro atoms. The van der Waals surface area contributed by atoms with E-state index < -0.39 is 29.0 Å². The van der Waals surface area contributed by atoms with Crippen molar-refractivity contribution in [2.45, 2.75) is 0 Å². The van der Waals surface area contributed by atoms with Crippen LogP contribution in [0.2, 0.25) is 0 Å². The Balaban J connectivity index is 1.79. The fourth-order valence-electron chi connectivity index (χ4n) is 2.25. The molecule has 0 unspecified atom stereocenters. The maximum absolute atomic E-state index is 13.6. The van der Waals surface area contributed by atoms with Gasteiger partial charge in [-0.3, -0.25) is 4.79 Å². The molecule has 1 saturated heterocycles. The van der Waals surface area contributed by atoms with Crippen LogP contribution in [0.3, 0.4) is 0 Å². The molecule has 1 fully saturated rings. The second-order valence-corrected chi connectivity index (χ2v) is 5.04. The molecule has 1 aliphatic rings. The van der Waals surface area contributed by atoms with Gasteiger partial charge in [0, 0.05) is 19.2 Å². The Morgan fingerprint density at radius 1 is 1.12 bits per heavy atom. The summed E-state index contributed by atoms with van der Waals surface area (Å²) in [6.07, 6.45) is 1.21. The third-order valence-electron chi connectivity index (χ3n) is 3.50. The smallest absolute Gasteiger partial charge is 0.274 e. The van der Waals surface area contributed by atoms with Crippen molar-refractivity contribution in [1.82, 2.24) is 9.97 Å². The molecule has 0 bridgehead atoms. The van der Waals surface area contributed by atoms with Crippen molar-refractivity contribution in [3.05, 3.63) is 47.7 Å². The summed E-state index contributed by atoms with van der Waals surface area (Å²) < 4.78 is 45.0. The van der Waals surface area contributed by atoms with E-state index in [9.17, 15) is 18.0 Å². The fraction of sp³-hybridized carbons (Fsp3) is 0.267. The zero-order valence-corrected chi connectivity index (χ0v) is 12.4. The molecular weight excluding hydrogens is 325 g/mol. The summed E-state index contributed by atoms with van der Waals surface area (Å²) >= 11 is 0. The van der Waals surface area contributed by atoms with Gasteiger partial charge in [-0.2, -0.15) is 0 Å². The quantitative estimate of drug-likeness (QED) is 0.867. The Morgan fingerprint density at radius 3 is 2.62 bits per heavy atom. The highest BCUT2D eigenvalue weighted by molar-refractivity contribution is 6.03. The number of hydrogen-bond donors (Lipinski definition) is 1. The van der Waals surface area contributed by atoms with Crippen LogP contribution in [0, 0.1) is 17.5 Å². The summed E-state index contributed by atoms with van der Waals surface area (Å²) in [6, 6.07) is 3.11. The van der Waals surface area contributed by atoms with Crippen molar-refractivity contribution in [3.8, 4) is 0 Å². The van der Waals surface area contributed by atoms with Gasteiger partial charge in [0.25, 0.3) is 5.91 Å². The van der Waals surface area contributed by atoms with E-state index in [1.807, 2.05) is 4.90 Å². The monoisotopic (exact) mass is 338 g/mol. The van der Waals surface area contributed by atoms with E-state index in [0.29, 0.717) is 32.1 Å². The van der Waals surface area contributed by atoms with Gasteiger partial charge in [0.2, 0.25) is 0 Å². The molecule has 1 aliphatic heterocycles. The van der Waals surface area contributed by atoms with Gasteiger partial charge in [-0.1, -0.05) is 0 Å². The first kappa shape index (κ1) is 16.2. The molecule has 0 aliphatic carbocycles. The molecule has 2 heterocycles. The SMILES string of the molecule is O=C(Nc1ccc(F)c(F)c1F)c1cc(N2CCOCC2)ncn1. The number of nitrogens with zero attached hydrogens (tertiary/aromatic N) is 3. The molecule has 1 aromatic carbocycles. The molecule has 6 nitrogen and oxygen atoms in total. The molecule has 1 aromatic heterocycles. The average molecular weight is 338 g/mol. The van der Waals surface area contributed by atoms with Gasteiger partial charge in [-0.05, 0) is 12.1 Å². The minimum atomic E-state index is -1.65. The van der Waals surface area contributed by atoms with Crippen molar-refractivity contribution in [3.63, 3.8) is 0 Å². The lowest BCUT2D eigenvalue weighted by Crippen LogP contribution is -2.37. The number of aromatic nitrogens is 2. The van der Waals surface area contributed by atoms with E-state index in [1.165, 1.54) is 12.4 Å². The number of carbonyl (C=O) groups excluding carboxylic acids is 1. The Hall–Kier alpha value is -2.68. The minimum absolute atomic E-state index is 0.0179. The van der Waals surface area contributed by atoms with Crippen molar-refractivity contribution in [2.24, 2.45) is 0 Å². The van der Waals surface area contributed by atoms with E-state index >= 15 is 0 Å². The highest BCUT2D eigenvalue weighted by Gasteiger charge is 2.18. The number of amides is 1. The summed E-state index contributed by atoms with van der Waals surface area (Å²) in [5, 5.41) is 2.17. The first-order valence-electron chi connectivity index (χ1n) is 7.16. The molecule has 2 aromatic rings. The van der Waals surface area contributed by atoms with Gasteiger partial charge in [0.15, 0.2) is 17.5 Å². The van der Waals surface area contributed by atoms with Crippen LogP contribution in [0.25, 0.3) is 0 Å². The number of anilines is 2. The molecule has 0 saturated carbocycles. The van der Waals surface area contributed by atoms with E-state index in [-0.39, 0.29) is 5.69 Å². The summed E-state index contributed by atoms with van der Waals surface area (Å²) in [7, 11) is 0. The highest BCUT2D eigenvalue weighted by Crippen LogP contribution is 2.20. The zero-order chi connectivity index (χ0) is 17.1. The standard InChI is InChI=1S/C15H13F3N4O2/c16-9-1-2-10(14(18)13(9)17)21-15(23)11-7-12(20-8-19-11)22-3-5-24-6-4-22/h1-2,7-8H,3-6H2,(H,21,23). The predicted molar refractivity (Wildman–Crippen MR) is 79.3 cm³/mol. The summed E-state index contributed by atoms with van der Waals surface area (Å²) in [5.41, 5.74) is -0.485. The predicted octanol–water partition coefficient (Wildman–Crippen LogP) is 1.98. The number of carbonyl (C=O) groups is 1. The molecule has 24 heavy (non-hydrogen) atoms. The molecule has 1 amide bonds. The molecule has 1 N–H and O–H groups in total. The lowest BCUT2D eigenvalue weighted by atomic mass is 10.2. The fourth-order valence-corrected chi connectivity index (χ4v) is 2.25. The molecule has 3 rings (SSSR count). The van der Waals surface area contributed by atoms with E-state index in [2.05, 4.69) is 15.3 Å². The van der Waals surface area contributed by atoms with E-state index in [1.54, 1.807) is 0 Å². The number of hydrogen-bond acceptors (Lipinski definition) is 5. The summed E-state index contributed by atoms with van der Waals surface area (Å²) in [5.74, 6) is -4.67. The Kier molecular flexibility index (Phi) is 4.61. The Labute approximate surface area is 135 Å². The van der Waals surface area contributed by atoms with E-state index in [4.69, 9.17) is 4.74 Å². The number of morpholine rings is 1. The number of rotatable bonds is 3. The van der Waals surface area contributed by atoms with Gasteiger partial charge in [-0.25, -0.2) is 23.1 Å². The van der Waals surface area contributed by atoms with Crippen molar-refractivity contribution in [2.75, 3.05) is 36.5 Å². The molecular formula is C15H13F3N4O2. The molecule has 0 radical (unpaired) electrons. The third kappa shape index (κ3) is 3.30. The van der Waals surface area contributed by atoms with Crippen molar-refractivity contribution >= 4 is 17.4 Å². The normalized spacial score (nSPS) is 14.5. The van der Waals surface area contributed by atoms with Crippen LogP contribution >= 0.6 is 0 Å². The van der Waals surface area contributed by atoms with Crippen molar-refractivity contribution < 1.29 is 22.7 Å². The van der Waals surface area contributed by atoms with Crippen LogP contribution in [0.15, 0.2) is 24.5 Å². The summed E-state index contributed by atoms with van der Waals surface area (Å²) in [4.78, 5) is 22.0. The van der Waals surface area contributed by atoms with Crippen LogP contribution in [-0.4, -0.2) is 42.2 Å². The van der Waals surface area contributed by atoms with Crippen LogP contribution in [0.1, 0.15) is 10.5 Å². The highest BCUT2D eigenvalue weighted by atomic mass is 19.2. The molecule has 126 valence electrons. The molecule has 0 atom stereocenters. The first-order chi connectivity index (χ1) is 11.6. The van der Waals surface area contributed by atoms with Gasteiger partial charge in [0.05, 0.1) is 18.9 Å². The number of halogens is 3. The maximum atomic E-state index is 13.6. The van der Waals surface area contributed by atoms with Crippen LogP contribution in [0.4, 0.5) is 24.7 Å². The van der Waals surface area contributed by atoms with Gasteiger partial charge in [0.1, 0.15) is 17.8 Å².